The molecule has 0 saturated carbocycles. The number of benzene rings is 3. The molecule has 0 bridgehead atoms. The minimum absolute atomic E-state index is 0.00552. The number of carboxylic acids is 1. The van der Waals surface area contributed by atoms with E-state index in [2.05, 4.69) is 4.72 Å². The number of ether oxygens (including phenoxy) is 2. The van der Waals surface area contributed by atoms with Crippen molar-refractivity contribution >= 4 is 16.0 Å². The number of carbonyl (C=O) groups is 1. The molecule has 7 nitrogen and oxygen atoms in total. The fourth-order valence-electron chi connectivity index (χ4n) is 4.66. The van der Waals surface area contributed by atoms with E-state index in [1.165, 1.54) is 18.4 Å². The molecule has 1 heterocycles. The Bertz CT molecular complexity index is 1290. The third kappa shape index (κ3) is 6.03. The number of rotatable bonds is 11. The Kier molecular flexibility index (Phi) is 8.00. The second kappa shape index (κ2) is 11.2. The predicted octanol–water partition coefficient (Wildman–Crippen LogP) is 4.86. The van der Waals surface area contributed by atoms with E-state index in [1.807, 2.05) is 74.5 Å². The molecular weight excluding hydrogens is 490 g/mol. The average molecular weight is 522 g/mol. The van der Waals surface area contributed by atoms with Crippen LogP contribution in [0.5, 0.6) is 0 Å². The largest absolute Gasteiger partial charge is 0.480 e. The minimum Gasteiger partial charge on any atom is -0.480 e. The molecule has 194 valence electrons. The van der Waals surface area contributed by atoms with Crippen molar-refractivity contribution in [2.45, 2.75) is 43.5 Å². The Morgan fingerprint density at radius 1 is 0.919 bits per heavy atom. The van der Waals surface area contributed by atoms with Crippen LogP contribution in [0.4, 0.5) is 0 Å². The van der Waals surface area contributed by atoms with Gasteiger partial charge in [0, 0.05) is 0 Å². The van der Waals surface area contributed by atoms with Crippen molar-refractivity contribution in [3.05, 3.63) is 114 Å². The first-order chi connectivity index (χ1) is 17.7. The molecule has 0 radical (unpaired) electrons. The van der Waals surface area contributed by atoms with Gasteiger partial charge in [-0.1, -0.05) is 86.6 Å². The van der Waals surface area contributed by atoms with Gasteiger partial charge in [-0.15, -0.1) is 0 Å². The monoisotopic (exact) mass is 521 g/mol. The average Bonchev–Trinajstić information content (AvgIpc) is 3.44. The summed E-state index contributed by atoms with van der Waals surface area (Å²) in [5, 5.41) is 10.5. The molecule has 1 aliphatic rings. The van der Waals surface area contributed by atoms with Crippen molar-refractivity contribution in [3.8, 4) is 0 Å². The van der Waals surface area contributed by atoms with Gasteiger partial charge in [-0.2, -0.15) is 4.72 Å². The van der Waals surface area contributed by atoms with Crippen molar-refractivity contribution in [3.63, 3.8) is 0 Å². The van der Waals surface area contributed by atoms with E-state index in [0.29, 0.717) is 0 Å². The molecular formula is C29H31NO6S. The molecule has 3 aromatic rings. The summed E-state index contributed by atoms with van der Waals surface area (Å²) in [4.78, 5) is 12.9. The number of carboxylic acid groups (broad SMARTS) is 1. The Hall–Kier alpha value is -3.62. The lowest BCUT2D eigenvalue weighted by molar-refractivity contribution is -0.142. The van der Waals surface area contributed by atoms with Crippen LogP contribution in [0, 0.1) is 5.41 Å². The molecule has 0 aromatic heterocycles. The quantitative estimate of drug-likeness (QED) is 0.374. The first-order valence-corrected chi connectivity index (χ1v) is 13.6. The van der Waals surface area contributed by atoms with E-state index in [9.17, 15) is 18.3 Å². The number of sulfonamides is 1. The maximum Gasteiger partial charge on any atom is 0.322 e. The van der Waals surface area contributed by atoms with Gasteiger partial charge in [-0.25, -0.2) is 8.42 Å². The van der Waals surface area contributed by atoms with E-state index >= 15 is 0 Å². The topological polar surface area (TPSA) is 102 Å². The molecule has 0 spiro atoms. The van der Waals surface area contributed by atoms with Gasteiger partial charge in [0.25, 0.3) is 0 Å². The highest BCUT2D eigenvalue weighted by atomic mass is 32.2. The Balaban J connectivity index is 1.82. The number of hydrogen-bond acceptors (Lipinski definition) is 5. The van der Waals surface area contributed by atoms with Crippen LogP contribution >= 0.6 is 0 Å². The molecule has 37 heavy (non-hydrogen) atoms. The summed E-state index contributed by atoms with van der Waals surface area (Å²) in [6.07, 6.45) is 1.79. The van der Waals surface area contributed by atoms with E-state index < -0.39 is 27.4 Å². The summed E-state index contributed by atoms with van der Waals surface area (Å²) < 4.78 is 40.7. The number of hydrogen-bond donors (Lipinski definition) is 2. The van der Waals surface area contributed by atoms with Gasteiger partial charge in [0.2, 0.25) is 16.8 Å². The van der Waals surface area contributed by atoms with Crippen molar-refractivity contribution in [1.29, 1.82) is 0 Å². The van der Waals surface area contributed by atoms with Crippen molar-refractivity contribution in [1.82, 2.24) is 4.72 Å². The third-order valence-electron chi connectivity index (χ3n) is 6.62. The lowest BCUT2D eigenvalue weighted by Crippen LogP contribution is -2.55. The van der Waals surface area contributed by atoms with E-state index in [1.54, 1.807) is 12.1 Å². The van der Waals surface area contributed by atoms with Crippen LogP contribution < -0.4 is 4.72 Å². The normalized spacial score (nSPS) is 14.5. The molecule has 1 aliphatic heterocycles. The standard InChI is InChI=1S/C29H31NO6S/c1-21(2)24-13-15-25(16-14-24)37(33,34)30-27(28(31)32)29(26-19-35-20-36-26,17-22-9-5-3-6-10-22)18-23-11-7-4-8-12-23/h3-16,19,21,27,30H,17-18,20H2,1-2H3,(H,31,32)/t27-/m1/s1. The molecule has 2 N–H and O–H groups in total. The zero-order valence-electron chi connectivity index (χ0n) is 20.8. The maximum absolute atomic E-state index is 13.5. The molecule has 0 saturated heterocycles. The van der Waals surface area contributed by atoms with Crippen LogP contribution in [0.25, 0.3) is 0 Å². The highest BCUT2D eigenvalue weighted by Gasteiger charge is 2.51. The van der Waals surface area contributed by atoms with Crippen molar-refractivity contribution < 1.29 is 27.8 Å². The van der Waals surface area contributed by atoms with Gasteiger partial charge >= 0.3 is 5.97 Å². The summed E-state index contributed by atoms with van der Waals surface area (Å²) in [5.74, 6) is -0.802. The Morgan fingerprint density at radius 2 is 1.46 bits per heavy atom. The summed E-state index contributed by atoms with van der Waals surface area (Å²) in [7, 11) is -4.20. The van der Waals surface area contributed by atoms with Crippen LogP contribution in [0.2, 0.25) is 0 Å². The van der Waals surface area contributed by atoms with Gasteiger partial charge in [0.05, 0.1) is 10.3 Å². The molecule has 8 heteroatoms. The van der Waals surface area contributed by atoms with Gasteiger partial charge in [-0.05, 0) is 47.6 Å². The zero-order chi connectivity index (χ0) is 26.5. The predicted molar refractivity (Wildman–Crippen MR) is 140 cm³/mol. The lowest BCUT2D eigenvalue weighted by atomic mass is 9.69. The summed E-state index contributed by atoms with van der Waals surface area (Å²) >= 11 is 0. The fourth-order valence-corrected chi connectivity index (χ4v) is 5.93. The van der Waals surface area contributed by atoms with Crippen molar-refractivity contribution in [2.75, 3.05) is 6.79 Å². The second-order valence-electron chi connectivity index (χ2n) is 9.51. The fraction of sp³-hybridized carbons (Fsp3) is 0.276. The van der Waals surface area contributed by atoms with Crippen LogP contribution in [-0.2, 0) is 37.1 Å². The highest BCUT2D eigenvalue weighted by molar-refractivity contribution is 7.89. The van der Waals surface area contributed by atoms with Gasteiger partial charge in [0.1, 0.15) is 18.1 Å². The van der Waals surface area contributed by atoms with Crippen LogP contribution in [0.15, 0.2) is 102 Å². The smallest absolute Gasteiger partial charge is 0.322 e. The van der Waals surface area contributed by atoms with E-state index in [0.717, 1.165) is 16.7 Å². The molecule has 0 unspecified atom stereocenters. The maximum atomic E-state index is 13.5. The molecule has 0 amide bonds. The second-order valence-corrected chi connectivity index (χ2v) is 11.2. The van der Waals surface area contributed by atoms with E-state index in [-0.39, 0.29) is 36.2 Å². The summed E-state index contributed by atoms with van der Waals surface area (Å²) in [6.45, 7) is 3.96. The summed E-state index contributed by atoms with van der Waals surface area (Å²) in [6, 6.07) is 23.6. The molecule has 0 aliphatic carbocycles. The number of aliphatic carboxylic acids is 1. The lowest BCUT2D eigenvalue weighted by Gasteiger charge is -2.39. The molecule has 4 rings (SSSR count). The minimum atomic E-state index is -4.20. The first kappa shape index (κ1) is 26.4. The van der Waals surface area contributed by atoms with Gasteiger partial charge < -0.3 is 14.6 Å². The molecule has 3 aromatic carbocycles. The van der Waals surface area contributed by atoms with E-state index in [4.69, 9.17) is 9.47 Å². The van der Waals surface area contributed by atoms with Gasteiger partial charge in [0.15, 0.2) is 0 Å². The zero-order valence-corrected chi connectivity index (χ0v) is 21.6. The van der Waals surface area contributed by atoms with Crippen LogP contribution in [0.1, 0.15) is 36.5 Å². The molecule has 1 atom stereocenters. The van der Waals surface area contributed by atoms with Gasteiger partial charge in [-0.3, -0.25) is 4.79 Å². The van der Waals surface area contributed by atoms with Crippen LogP contribution in [0.3, 0.4) is 0 Å². The first-order valence-electron chi connectivity index (χ1n) is 12.1. The van der Waals surface area contributed by atoms with Crippen LogP contribution in [-0.4, -0.2) is 32.3 Å². The Labute approximate surface area is 217 Å². The number of nitrogens with one attached hydrogen (secondary N) is 1. The Morgan fingerprint density at radius 3 is 1.89 bits per heavy atom. The SMILES string of the molecule is CC(C)c1ccc(S(=O)(=O)N[C@H](C(=O)O)C(Cc2ccccc2)(Cc2ccccc2)C2=COCO2)cc1. The summed E-state index contributed by atoms with van der Waals surface area (Å²) in [5.41, 5.74) is 1.33. The third-order valence-corrected chi connectivity index (χ3v) is 8.06. The molecule has 0 fully saturated rings. The van der Waals surface area contributed by atoms with Crippen molar-refractivity contribution in [2.24, 2.45) is 5.41 Å². The highest BCUT2D eigenvalue weighted by Crippen LogP contribution is 2.42.